The third-order valence-electron chi connectivity index (χ3n) is 2.88. The second-order valence-corrected chi connectivity index (χ2v) is 4.29. The van der Waals surface area contributed by atoms with Crippen LogP contribution in [0.15, 0.2) is 30.3 Å². The van der Waals surface area contributed by atoms with Crippen molar-refractivity contribution in [1.29, 1.82) is 0 Å². The van der Waals surface area contributed by atoms with Crippen molar-refractivity contribution in [2.24, 2.45) is 5.73 Å². The molecule has 1 unspecified atom stereocenters. The van der Waals surface area contributed by atoms with Gasteiger partial charge in [0, 0.05) is 6.04 Å². The summed E-state index contributed by atoms with van der Waals surface area (Å²) in [6.45, 7) is 4.14. The normalized spacial score (nSPS) is 12.6. The molecule has 0 saturated heterocycles. The van der Waals surface area contributed by atoms with Crippen LogP contribution in [0.4, 0.5) is 0 Å². The van der Waals surface area contributed by atoms with Crippen LogP contribution in [0.25, 0.3) is 0 Å². The smallest absolute Gasteiger partial charge is 0.0291 e. The van der Waals surface area contributed by atoms with Crippen molar-refractivity contribution in [3.8, 4) is 0 Å². The highest BCUT2D eigenvalue weighted by Gasteiger charge is 2.02. The highest BCUT2D eigenvalue weighted by Crippen LogP contribution is 2.11. The Morgan fingerprint density at radius 3 is 2.44 bits per heavy atom. The van der Waals surface area contributed by atoms with Gasteiger partial charge in [-0.05, 0) is 38.4 Å². The van der Waals surface area contributed by atoms with Crippen LogP contribution in [-0.4, -0.2) is 13.1 Å². The van der Waals surface area contributed by atoms with Crippen LogP contribution in [0.2, 0.25) is 0 Å². The monoisotopic (exact) mass is 220 g/mol. The van der Waals surface area contributed by atoms with Crippen LogP contribution in [-0.2, 0) is 0 Å². The Morgan fingerprint density at radius 2 is 1.75 bits per heavy atom. The van der Waals surface area contributed by atoms with Gasteiger partial charge in [-0.3, -0.25) is 0 Å². The predicted octanol–water partition coefficient (Wildman–Crippen LogP) is 2.86. The molecule has 0 aliphatic heterocycles. The second kappa shape index (κ2) is 8.31. The van der Waals surface area contributed by atoms with E-state index in [1.165, 1.54) is 24.8 Å². The number of unbranched alkanes of at least 4 members (excludes halogenated alkanes) is 3. The summed E-state index contributed by atoms with van der Waals surface area (Å²) in [6, 6.07) is 11.0. The minimum absolute atomic E-state index is 0.454. The molecule has 0 heterocycles. The van der Waals surface area contributed by atoms with E-state index in [4.69, 9.17) is 5.73 Å². The van der Waals surface area contributed by atoms with Gasteiger partial charge < -0.3 is 11.1 Å². The van der Waals surface area contributed by atoms with Crippen molar-refractivity contribution >= 4 is 0 Å². The topological polar surface area (TPSA) is 38.0 Å². The van der Waals surface area contributed by atoms with Crippen LogP contribution in [0.1, 0.15) is 44.2 Å². The number of hydrogen-bond acceptors (Lipinski definition) is 2. The van der Waals surface area contributed by atoms with E-state index >= 15 is 0 Å². The van der Waals surface area contributed by atoms with E-state index in [0.717, 1.165) is 19.5 Å². The summed E-state index contributed by atoms with van der Waals surface area (Å²) >= 11 is 0. The van der Waals surface area contributed by atoms with Gasteiger partial charge in [0.05, 0.1) is 0 Å². The first kappa shape index (κ1) is 13.2. The van der Waals surface area contributed by atoms with Gasteiger partial charge in [0.1, 0.15) is 0 Å². The lowest BCUT2D eigenvalue weighted by atomic mass is 10.1. The fraction of sp³-hybridized carbons (Fsp3) is 0.571. The van der Waals surface area contributed by atoms with Crippen LogP contribution in [0, 0.1) is 0 Å². The highest BCUT2D eigenvalue weighted by atomic mass is 14.9. The minimum atomic E-state index is 0.454. The maximum atomic E-state index is 5.45. The average molecular weight is 220 g/mol. The zero-order valence-electron chi connectivity index (χ0n) is 10.3. The van der Waals surface area contributed by atoms with E-state index < -0.39 is 0 Å². The van der Waals surface area contributed by atoms with Crippen LogP contribution in [0.3, 0.4) is 0 Å². The molecule has 1 atom stereocenters. The molecule has 1 aromatic carbocycles. The molecule has 16 heavy (non-hydrogen) atoms. The summed E-state index contributed by atoms with van der Waals surface area (Å²) < 4.78 is 0. The molecule has 0 aliphatic rings. The predicted molar refractivity (Wildman–Crippen MR) is 70.4 cm³/mol. The van der Waals surface area contributed by atoms with E-state index in [1.54, 1.807) is 0 Å². The largest absolute Gasteiger partial charge is 0.330 e. The standard InChI is InChI=1S/C14H24N2/c1-13(14-9-5-4-6-10-14)16-12-8-3-2-7-11-15/h4-6,9-10,13,16H,2-3,7-8,11-12,15H2,1H3. The Labute approximate surface area is 99.2 Å². The van der Waals surface area contributed by atoms with E-state index in [9.17, 15) is 0 Å². The van der Waals surface area contributed by atoms with Crippen LogP contribution >= 0.6 is 0 Å². The summed E-state index contributed by atoms with van der Waals surface area (Å²) in [7, 11) is 0. The number of rotatable bonds is 8. The first-order valence-electron chi connectivity index (χ1n) is 6.33. The summed E-state index contributed by atoms with van der Waals surface area (Å²) in [4.78, 5) is 0. The summed E-state index contributed by atoms with van der Waals surface area (Å²) in [6.07, 6.45) is 4.95. The van der Waals surface area contributed by atoms with Crippen LogP contribution < -0.4 is 11.1 Å². The molecular formula is C14H24N2. The molecule has 0 radical (unpaired) electrons. The molecule has 2 nitrogen and oxygen atoms in total. The molecule has 0 amide bonds. The zero-order chi connectivity index (χ0) is 11.6. The maximum Gasteiger partial charge on any atom is 0.0291 e. The first-order chi connectivity index (χ1) is 7.84. The molecule has 1 aromatic rings. The quantitative estimate of drug-likeness (QED) is 0.661. The van der Waals surface area contributed by atoms with Crippen molar-refractivity contribution in [3.63, 3.8) is 0 Å². The Morgan fingerprint density at radius 1 is 1.06 bits per heavy atom. The minimum Gasteiger partial charge on any atom is -0.330 e. The van der Waals surface area contributed by atoms with Gasteiger partial charge in [-0.2, -0.15) is 0 Å². The molecule has 0 bridgehead atoms. The molecule has 1 rings (SSSR count). The lowest BCUT2D eigenvalue weighted by Crippen LogP contribution is -2.19. The van der Waals surface area contributed by atoms with Crippen molar-refractivity contribution in [3.05, 3.63) is 35.9 Å². The molecule has 0 spiro atoms. The zero-order valence-corrected chi connectivity index (χ0v) is 10.3. The summed E-state index contributed by atoms with van der Waals surface area (Å²) in [5.74, 6) is 0. The average Bonchev–Trinajstić information content (AvgIpc) is 2.34. The molecule has 2 heteroatoms. The Balaban J connectivity index is 2.09. The third kappa shape index (κ3) is 5.29. The van der Waals surface area contributed by atoms with E-state index in [2.05, 4.69) is 42.6 Å². The third-order valence-corrected chi connectivity index (χ3v) is 2.88. The molecule has 0 aliphatic carbocycles. The van der Waals surface area contributed by atoms with Crippen molar-refractivity contribution < 1.29 is 0 Å². The number of benzene rings is 1. The van der Waals surface area contributed by atoms with Gasteiger partial charge in [0.15, 0.2) is 0 Å². The lowest BCUT2D eigenvalue weighted by molar-refractivity contribution is 0.534. The molecule has 0 aromatic heterocycles. The van der Waals surface area contributed by atoms with Crippen molar-refractivity contribution in [1.82, 2.24) is 5.32 Å². The summed E-state index contributed by atoms with van der Waals surface area (Å²) in [5, 5.41) is 3.54. The first-order valence-corrected chi connectivity index (χ1v) is 6.33. The molecule has 0 fully saturated rings. The SMILES string of the molecule is CC(NCCCCCCN)c1ccccc1. The van der Waals surface area contributed by atoms with Gasteiger partial charge in [0.25, 0.3) is 0 Å². The molecular weight excluding hydrogens is 196 g/mol. The van der Waals surface area contributed by atoms with E-state index in [1.807, 2.05) is 0 Å². The van der Waals surface area contributed by atoms with Crippen molar-refractivity contribution in [2.75, 3.05) is 13.1 Å². The number of hydrogen-bond donors (Lipinski definition) is 2. The Kier molecular flexibility index (Phi) is 6.86. The molecule has 0 saturated carbocycles. The molecule has 3 N–H and O–H groups in total. The fourth-order valence-corrected chi connectivity index (χ4v) is 1.80. The number of nitrogens with one attached hydrogen (secondary N) is 1. The number of nitrogens with two attached hydrogens (primary N) is 1. The van der Waals surface area contributed by atoms with Gasteiger partial charge >= 0.3 is 0 Å². The second-order valence-electron chi connectivity index (χ2n) is 4.29. The highest BCUT2D eigenvalue weighted by molar-refractivity contribution is 5.17. The van der Waals surface area contributed by atoms with Gasteiger partial charge in [-0.1, -0.05) is 43.2 Å². The molecule has 90 valence electrons. The van der Waals surface area contributed by atoms with Gasteiger partial charge in [-0.25, -0.2) is 0 Å². The fourth-order valence-electron chi connectivity index (χ4n) is 1.80. The lowest BCUT2D eigenvalue weighted by Gasteiger charge is -2.13. The van der Waals surface area contributed by atoms with Gasteiger partial charge in [-0.15, -0.1) is 0 Å². The van der Waals surface area contributed by atoms with E-state index in [0.29, 0.717) is 6.04 Å². The van der Waals surface area contributed by atoms with Crippen molar-refractivity contribution in [2.45, 2.75) is 38.6 Å². The Bertz CT molecular complexity index is 259. The summed E-state index contributed by atoms with van der Waals surface area (Å²) in [5.41, 5.74) is 6.82. The van der Waals surface area contributed by atoms with Gasteiger partial charge in [0.2, 0.25) is 0 Å². The van der Waals surface area contributed by atoms with Crippen LogP contribution in [0.5, 0.6) is 0 Å². The maximum absolute atomic E-state index is 5.45. The Hall–Kier alpha value is -0.860. The van der Waals surface area contributed by atoms with E-state index in [-0.39, 0.29) is 0 Å².